The molecule has 2 rings (SSSR count). The maximum Gasteiger partial charge on any atom is 0.121 e. The van der Waals surface area contributed by atoms with Gasteiger partial charge in [-0.1, -0.05) is 12.1 Å². The molecule has 0 atom stereocenters. The quantitative estimate of drug-likeness (QED) is 0.541. The highest BCUT2D eigenvalue weighted by molar-refractivity contribution is 5.92. The zero-order chi connectivity index (χ0) is 8.55. The minimum Gasteiger partial charge on any atom is -0.386 e. The molecule has 12 heavy (non-hydrogen) atoms. The number of nitrogens with two attached hydrogens (primary N) is 2. The standard InChI is InChI=1S/C8H10N4/c9-8-5-12(10)7-4-2-1-3-6(7)11-8/h1-4H,5,10H2,(H2,9,11). The van der Waals surface area contributed by atoms with Crippen LogP contribution in [0.15, 0.2) is 29.3 Å². The van der Waals surface area contributed by atoms with Crippen LogP contribution in [0, 0.1) is 0 Å². The summed E-state index contributed by atoms with van der Waals surface area (Å²) >= 11 is 0. The number of fused-ring (bicyclic) bond motifs is 1. The molecule has 0 radical (unpaired) electrons. The first-order chi connectivity index (χ1) is 5.77. The van der Waals surface area contributed by atoms with Crippen LogP contribution in [0.1, 0.15) is 0 Å². The number of anilines is 1. The third kappa shape index (κ3) is 1.02. The molecule has 0 saturated heterocycles. The van der Waals surface area contributed by atoms with Crippen LogP contribution in [0.5, 0.6) is 0 Å². The highest BCUT2D eigenvalue weighted by atomic mass is 15.4. The van der Waals surface area contributed by atoms with Crippen LogP contribution >= 0.6 is 0 Å². The van der Waals surface area contributed by atoms with Crippen LogP contribution < -0.4 is 16.6 Å². The van der Waals surface area contributed by atoms with Crippen molar-refractivity contribution in [2.24, 2.45) is 16.6 Å². The first kappa shape index (κ1) is 7.12. The number of benzene rings is 1. The summed E-state index contributed by atoms with van der Waals surface area (Å²) in [6.07, 6.45) is 0. The van der Waals surface area contributed by atoms with Gasteiger partial charge in [0.2, 0.25) is 0 Å². The molecule has 0 aliphatic carbocycles. The molecule has 1 aromatic carbocycles. The average Bonchev–Trinajstić information content (AvgIpc) is 2.04. The van der Waals surface area contributed by atoms with Gasteiger partial charge >= 0.3 is 0 Å². The van der Waals surface area contributed by atoms with E-state index in [1.54, 1.807) is 5.01 Å². The number of amidine groups is 1. The Bertz CT molecular complexity index is 332. The molecule has 1 aliphatic heterocycles. The van der Waals surface area contributed by atoms with Crippen LogP contribution in [-0.4, -0.2) is 12.4 Å². The van der Waals surface area contributed by atoms with Gasteiger partial charge in [-0.15, -0.1) is 0 Å². The SMILES string of the molecule is NC1=Nc2ccccc2N(N)C1. The van der Waals surface area contributed by atoms with Crippen molar-refractivity contribution in [1.29, 1.82) is 0 Å². The smallest absolute Gasteiger partial charge is 0.121 e. The normalized spacial score (nSPS) is 15.4. The van der Waals surface area contributed by atoms with E-state index in [1.807, 2.05) is 24.3 Å². The summed E-state index contributed by atoms with van der Waals surface area (Å²) in [5.74, 6) is 6.26. The highest BCUT2D eigenvalue weighted by Gasteiger charge is 2.13. The number of hydrazine groups is 1. The fourth-order valence-electron chi connectivity index (χ4n) is 1.25. The fourth-order valence-corrected chi connectivity index (χ4v) is 1.25. The highest BCUT2D eigenvalue weighted by Crippen LogP contribution is 2.28. The van der Waals surface area contributed by atoms with Crippen molar-refractivity contribution in [3.05, 3.63) is 24.3 Å². The van der Waals surface area contributed by atoms with Gasteiger partial charge in [-0.3, -0.25) is 0 Å². The summed E-state index contributed by atoms with van der Waals surface area (Å²) in [4.78, 5) is 4.17. The van der Waals surface area contributed by atoms with E-state index in [4.69, 9.17) is 11.6 Å². The Morgan fingerprint density at radius 1 is 1.33 bits per heavy atom. The molecule has 0 unspecified atom stereocenters. The molecule has 1 heterocycles. The lowest BCUT2D eigenvalue weighted by Crippen LogP contribution is -2.41. The van der Waals surface area contributed by atoms with Crippen LogP contribution in [-0.2, 0) is 0 Å². The second-order valence-electron chi connectivity index (χ2n) is 2.72. The van der Waals surface area contributed by atoms with Crippen molar-refractivity contribution in [2.45, 2.75) is 0 Å². The van der Waals surface area contributed by atoms with Gasteiger partial charge in [-0.2, -0.15) is 0 Å². The minimum atomic E-state index is 0.497. The summed E-state index contributed by atoms with van der Waals surface area (Å²) in [5.41, 5.74) is 7.33. The average molecular weight is 162 g/mol. The first-order valence-corrected chi connectivity index (χ1v) is 3.71. The lowest BCUT2D eigenvalue weighted by molar-refractivity contribution is 0.941. The third-order valence-electron chi connectivity index (χ3n) is 1.79. The summed E-state index contributed by atoms with van der Waals surface area (Å²) < 4.78 is 0. The Labute approximate surface area is 70.5 Å². The van der Waals surface area contributed by atoms with E-state index in [0.29, 0.717) is 12.4 Å². The van der Waals surface area contributed by atoms with Crippen LogP contribution in [0.4, 0.5) is 11.4 Å². The van der Waals surface area contributed by atoms with E-state index in [2.05, 4.69) is 4.99 Å². The van der Waals surface area contributed by atoms with Gasteiger partial charge in [0.15, 0.2) is 0 Å². The topological polar surface area (TPSA) is 67.6 Å². The van der Waals surface area contributed by atoms with E-state index >= 15 is 0 Å². The number of hydrogen-bond acceptors (Lipinski definition) is 4. The van der Waals surface area contributed by atoms with Gasteiger partial charge in [-0.05, 0) is 12.1 Å². The zero-order valence-electron chi connectivity index (χ0n) is 6.57. The summed E-state index contributed by atoms with van der Waals surface area (Å²) in [5, 5.41) is 1.59. The van der Waals surface area contributed by atoms with Gasteiger partial charge in [0.25, 0.3) is 0 Å². The molecule has 0 saturated carbocycles. The van der Waals surface area contributed by atoms with Gasteiger partial charge in [-0.25, -0.2) is 10.8 Å². The van der Waals surface area contributed by atoms with Crippen molar-refractivity contribution >= 4 is 17.2 Å². The number of nitrogens with zero attached hydrogens (tertiary/aromatic N) is 2. The summed E-state index contributed by atoms with van der Waals surface area (Å²) in [7, 11) is 0. The second-order valence-corrected chi connectivity index (χ2v) is 2.72. The number of aliphatic imine (C=N–C) groups is 1. The molecule has 0 amide bonds. The maximum absolute atomic E-state index is 5.71. The molecule has 0 spiro atoms. The van der Waals surface area contributed by atoms with Gasteiger partial charge in [0.05, 0.1) is 17.9 Å². The van der Waals surface area contributed by atoms with Crippen molar-refractivity contribution < 1.29 is 0 Å². The molecular weight excluding hydrogens is 152 g/mol. The van der Waals surface area contributed by atoms with Crippen molar-refractivity contribution in [2.75, 3.05) is 11.6 Å². The summed E-state index contributed by atoms with van der Waals surface area (Å²) in [6, 6.07) is 7.65. The Hall–Kier alpha value is -1.55. The lowest BCUT2D eigenvalue weighted by atomic mass is 10.2. The predicted octanol–water partition coefficient (Wildman–Crippen LogP) is 0.369. The fraction of sp³-hybridized carbons (Fsp3) is 0.125. The molecule has 0 bridgehead atoms. The Morgan fingerprint density at radius 3 is 2.92 bits per heavy atom. The van der Waals surface area contributed by atoms with E-state index in [0.717, 1.165) is 11.4 Å². The number of rotatable bonds is 0. The van der Waals surface area contributed by atoms with Crippen LogP contribution in [0.2, 0.25) is 0 Å². The van der Waals surface area contributed by atoms with E-state index in [-0.39, 0.29) is 0 Å². The molecular formula is C8H10N4. The van der Waals surface area contributed by atoms with E-state index < -0.39 is 0 Å². The van der Waals surface area contributed by atoms with E-state index in [9.17, 15) is 0 Å². The minimum absolute atomic E-state index is 0.497. The van der Waals surface area contributed by atoms with Crippen LogP contribution in [0.25, 0.3) is 0 Å². The molecule has 4 heteroatoms. The van der Waals surface area contributed by atoms with Crippen LogP contribution in [0.3, 0.4) is 0 Å². The molecule has 1 aromatic rings. The third-order valence-corrected chi connectivity index (χ3v) is 1.79. The number of para-hydroxylation sites is 2. The van der Waals surface area contributed by atoms with Crippen molar-refractivity contribution in [3.63, 3.8) is 0 Å². The lowest BCUT2D eigenvalue weighted by Gasteiger charge is -2.23. The predicted molar refractivity (Wildman–Crippen MR) is 49.3 cm³/mol. The molecule has 4 nitrogen and oxygen atoms in total. The summed E-state index contributed by atoms with van der Waals surface area (Å²) in [6.45, 7) is 0.497. The molecule has 62 valence electrons. The second kappa shape index (κ2) is 2.49. The largest absolute Gasteiger partial charge is 0.386 e. The monoisotopic (exact) mass is 162 g/mol. The Kier molecular flexibility index (Phi) is 1.48. The first-order valence-electron chi connectivity index (χ1n) is 3.71. The van der Waals surface area contributed by atoms with Crippen molar-refractivity contribution in [3.8, 4) is 0 Å². The molecule has 0 fully saturated rings. The molecule has 4 N–H and O–H groups in total. The van der Waals surface area contributed by atoms with Gasteiger partial charge in [0, 0.05) is 0 Å². The Balaban J connectivity index is 2.55. The number of hydrogen-bond donors (Lipinski definition) is 2. The van der Waals surface area contributed by atoms with E-state index in [1.165, 1.54) is 0 Å². The maximum atomic E-state index is 5.71. The zero-order valence-corrected chi connectivity index (χ0v) is 6.57. The Morgan fingerprint density at radius 2 is 2.08 bits per heavy atom. The van der Waals surface area contributed by atoms with Crippen molar-refractivity contribution in [1.82, 2.24) is 0 Å². The molecule has 0 aromatic heterocycles. The molecule has 1 aliphatic rings. The van der Waals surface area contributed by atoms with Gasteiger partial charge < -0.3 is 10.7 Å². The van der Waals surface area contributed by atoms with Gasteiger partial charge in [0.1, 0.15) is 5.84 Å².